The molecular weight excluding hydrogens is 332 g/mol. The molecule has 0 bridgehead atoms. The van der Waals surface area contributed by atoms with Gasteiger partial charge in [-0.15, -0.1) is 11.3 Å². The average Bonchev–Trinajstić information content (AvgIpc) is 2.82. The fourth-order valence-corrected chi connectivity index (χ4v) is 3.33. The fourth-order valence-electron chi connectivity index (χ4n) is 1.91. The quantitative estimate of drug-likeness (QED) is 0.906. The first-order valence-electron chi connectivity index (χ1n) is 6.06. The Morgan fingerprint density at radius 1 is 1.68 bits per heavy atom. The van der Waals surface area contributed by atoms with Crippen LogP contribution in [0.1, 0.15) is 4.88 Å². The van der Waals surface area contributed by atoms with E-state index in [-0.39, 0.29) is 12.1 Å². The smallest absolute Gasteiger partial charge is 0.317 e. The molecule has 2 rings (SSSR count). The second-order valence-electron chi connectivity index (χ2n) is 4.26. The van der Waals surface area contributed by atoms with Crippen LogP contribution in [0.4, 0.5) is 4.79 Å². The van der Waals surface area contributed by atoms with Gasteiger partial charge >= 0.3 is 6.03 Å². The highest BCUT2D eigenvalue weighted by atomic mass is 79.9. The van der Waals surface area contributed by atoms with Gasteiger partial charge in [0, 0.05) is 18.5 Å². The van der Waals surface area contributed by atoms with E-state index in [1.165, 1.54) is 0 Å². The van der Waals surface area contributed by atoms with Crippen LogP contribution in [0.25, 0.3) is 0 Å². The lowest BCUT2D eigenvalue weighted by molar-refractivity contribution is -0.0494. The van der Waals surface area contributed by atoms with Gasteiger partial charge in [-0.3, -0.25) is 0 Å². The molecule has 1 aromatic rings. The Morgan fingerprint density at radius 2 is 2.53 bits per heavy atom. The third-order valence-corrected chi connectivity index (χ3v) is 4.44. The minimum atomic E-state index is -0.0473. The fraction of sp³-hybridized carbons (Fsp3) is 0.583. The first-order valence-corrected chi connectivity index (χ1v) is 7.67. The maximum atomic E-state index is 12.0. The summed E-state index contributed by atoms with van der Waals surface area (Å²) in [6, 6.07) is 3.94. The Hall–Kier alpha value is -0.630. The summed E-state index contributed by atoms with van der Waals surface area (Å²) in [4.78, 5) is 14.9. The number of urea groups is 1. The largest absolute Gasteiger partial charge is 0.382 e. The molecule has 0 radical (unpaired) electrons. The van der Waals surface area contributed by atoms with Crippen molar-refractivity contribution in [3.63, 3.8) is 0 Å². The number of carbonyl (C=O) groups excluding carboxylic acids is 1. The number of hydrogen-bond donors (Lipinski definition) is 1. The third kappa shape index (κ3) is 4.45. The number of nitrogens with one attached hydrogen (secondary N) is 1. The summed E-state index contributed by atoms with van der Waals surface area (Å²) >= 11 is 5.03. The van der Waals surface area contributed by atoms with Gasteiger partial charge in [-0.1, -0.05) is 0 Å². The molecule has 106 valence electrons. The number of halogens is 1. The molecule has 0 unspecified atom stereocenters. The van der Waals surface area contributed by atoms with Gasteiger partial charge in [0.25, 0.3) is 0 Å². The number of nitrogens with zero attached hydrogens (tertiary/aromatic N) is 1. The van der Waals surface area contributed by atoms with E-state index < -0.39 is 0 Å². The minimum Gasteiger partial charge on any atom is -0.382 e. The van der Waals surface area contributed by atoms with Crippen LogP contribution < -0.4 is 5.32 Å². The number of hydrogen-bond acceptors (Lipinski definition) is 4. The molecule has 5 nitrogen and oxygen atoms in total. The van der Waals surface area contributed by atoms with Crippen LogP contribution in [0.3, 0.4) is 0 Å². The summed E-state index contributed by atoms with van der Waals surface area (Å²) in [6.07, 6.45) is -0.0274. The normalized spacial score (nSPS) is 19.5. The van der Waals surface area contributed by atoms with E-state index in [9.17, 15) is 4.79 Å². The van der Waals surface area contributed by atoms with Crippen LogP contribution in [0.5, 0.6) is 0 Å². The van der Waals surface area contributed by atoms with Gasteiger partial charge in [0.1, 0.15) is 0 Å². The zero-order chi connectivity index (χ0) is 13.7. The molecule has 0 saturated carbocycles. The Labute approximate surface area is 125 Å². The number of carbonyl (C=O) groups is 1. The lowest BCUT2D eigenvalue weighted by Crippen LogP contribution is -2.50. The number of ether oxygens (including phenoxy) is 2. The Balaban J connectivity index is 1.79. The maximum Gasteiger partial charge on any atom is 0.317 e. The molecule has 1 aromatic heterocycles. The first-order chi connectivity index (χ1) is 9.19. The lowest BCUT2D eigenvalue weighted by atomic mass is 10.3. The van der Waals surface area contributed by atoms with Gasteiger partial charge in [-0.05, 0) is 28.1 Å². The zero-order valence-corrected chi connectivity index (χ0v) is 13.1. The lowest BCUT2D eigenvalue weighted by Gasteiger charge is -2.32. The van der Waals surface area contributed by atoms with Crippen LogP contribution in [-0.4, -0.2) is 50.4 Å². The van der Waals surface area contributed by atoms with E-state index in [2.05, 4.69) is 21.2 Å². The molecule has 1 saturated heterocycles. The van der Waals surface area contributed by atoms with Crippen LogP contribution >= 0.6 is 27.3 Å². The highest BCUT2D eigenvalue weighted by Gasteiger charge is 2.23. The Morgan fingerprint density at radius 3 is 3.21 bits per heavy atom. The predicted octanol–water partition coefficient (Wildman–Crippen LogP) is 2.07. The molecule has 1 N–H and O–H groups in total. The van der Waals surface area contributed by atoms with Crippen molar-refractivity contribution < 1.29 is 14.3 Å². The van der Waals surface area contributed by atoms with Crippen LogP contribution in [0.15, 0.2) is 15.9 Å². The van der Waals surface area contributed by atoms with E-state index in [0.717, 1.165) is 8.66 Å². The molecule has 7 heteroatoms. The highest BCUT2D eigenvalue weighted by molar-refractivity contribution is 9.11. The van der Waals surface area contributed by atoms with Crippen molar-refractivity contribution in [2.45, 2.75) is 12.6 Å². The van der Waals surface area contributed by atoms with Crippen LogP contribution in [0, 0.1) is 0 Å². The van der Waals surface area contributed by atoms with Crippen molar-refractivity contribution in [1.82, 2.24) is 10.2 Å². The monoisotopic (exact) mass is 348 g/mol. The zero-order valence-electron chi connectivity index (χ0n) is 10.7. The van der Waals surface area contributed by atoms with Gasteiger partial charge in [0.2, 0.25) is 0 Å². The van der Waals surface area contributed by atoms with Crippen LogP contribution in [0.2, 0.25) is 0 Å². The second kappa shape index (κ2) is 7.23. The minimum absolute atomic E-state index is 0.0274. The van der Waals surface area contributed by atoms with E-state index in [1.54, 1.807) is 23.3 Å². The van der Waals surface area contributed by atoms with Crippen molar-refractivity contribution in [2.24, 2.45) is 0 Å². The number of morpholine rings is 1. The second-order valence-corrected chi connectivity index (χ2v) is 6.81. The molecule has 1 fully saturated rings. The number of amides is 2. The summed E-state index contributed by atoms with van der Waals surface area (Å²) < 4.78 is 11.6. The summed E-state index contributed by atoms with van der Waals surface area (Å²) in [5.41, 5.74) is 0. The van der Waals surface area contributed by atoms with Crippen molar-refractivity contribution in [2.75, 3.05) is 33.4 Å². The van der Waals surface area contributed by atoms with Gasteiger partial charge in [0.05, 0.1) is 36.2 Å². The maximum absolute atomic E-state index is 12.0. The highest BCUT2D eigenvalue weighted by Crippen LogP contribution is 2.21. The van der Waals surface area contributed by atoms with Crippen LogP contribution in [-0.2, 0) is 16.0 Å². The number of rotatable bonds is 4. The van der Waals surface area contributed by atoms with E-state index in [4.69, 9.17) is 9.47 Å². The first kappa shape index (κ1) is 14.8. The van der Waals surface area contributed by atoms with Crippen molar-refractivity contribution >= 4 is 33.3 Å². The van der Waals surface area contributed by atoms with Gasteiger partial charge < -0.3 is 19.7 Å². The predicted molar refractivity (Wildman–Crippen MR) is 77.4 cm³/mol. The summed E-state index contributed by atoms with van der Waals surface area (Å²) in [7, 11) is 1.64. The standard InChI is InChI=1S/C12H17BrN2O3S/c1-17-8-9-7-15(4-5-18-9)12(16)14-6-10-2-3-11(13)19-10/h2-3,9H,4-8H2,1H3,(H,14,16)/t9-/m0/s1. The number of thiophene rings is 1. The molecule has 0 aliphatic carbocycles. The summed E-state index contributed by atoms with van der Waals surface area (Å²) in [6.45, 7) is 2.84. The molecule has 1 atom stereocenters. The molecule has 2 amide bonds. The van der Waals surface area contributed by atoms with Gasteiger partial charge in [-0.25, -0.2) is 4.79 Å². The molecule has 19 heavy (non-hydrogen) atoms. The molecule has 0 aromatic carbocycles. The van der Waals surface area contributed by atoms with Gasteiger partial charge in [-0.2, -0.15) is 0 Å². The SMILES string of the molecule is COC[C@@H]1CN(C(=O)NCc2ccc(Br)s2)CCO1. The molecular formula is C12H17BrN2O3S. The molecule has 2 heterocycles. The summed E-state index contributed by atoms with van der Waals surface area (Å²) in [5, 5.41) is 2.92. The van der Waals surface area contributed by atoms with E-state index >= 15 is 0 Å². The molecule has 1 aliphatic heterocycles. The van der Waals surface area contributed by atoms with E-state index in [0.29, 0.717) is 32.8 Å². The Kier molecular flexibility index (Phi) is 5.62. The van der Waals surface area contributed by atoms with Crippen molar-refractivity contribution in [3.05, 3.63) is 20.8 Å². The van der Waals surface area contributed by atoms with E-state index in [1.807, 2.05) is 12.1 Å². The van der Waals surface area contributed by atoms with Crippen molar-refractivity contribution in [3.8, 4) is 0 Å². The number of methoxy groups -OCH3 is 1. The topological polar surface area (TPSA) is 50.8 Å². The Bertz CT molecular complexity index is 425. The summed E-state index contributed by atoms with van der Waals surface area (Å²) in [5.74, 6) is 0. The van der Waals surface area contributed by atoms with Crippen molar-refractivity contribution in [1.29, 1.82) is 0 Å². The third-order valence-electron chi connectivity index (χ3n) is 2.82. The van der Waals surface area contributed by atoms with Gasteiger partial charge in [0.15, 0.2) is 0 Å². The molecule has 0 spiro atoms. The molecule has 1 aliphatic rings. The average molecular weight is 349 g/mol.